The van der Waals surface area contributed by atoms with Crippen LogP contribution in [0.4, 0.5) is 23.2 Å². The van der Waals surface area contributed by atoms with Crippen LogP contribution < -0.4 is 4.90 Å². The zero-order valence-corrected chi connectivity index (χ0v) is 13.3. The molecule has 130 valence electrons. The number of benzene rings is 1. The number of hydrogen-bond acceptors (Lipinski definition) is 4. The van der Waals surface area contributed by atoms with Gasteiger partial charge in [0.2, 0.25) is 0 Å². The smallest absolute Gasteiger partial charge is 0.378 e. The van der Waals surface area contributed by atoms with Gasteiger partial charge in [0.25, 0.3) is 9.84 Å². The largest absolute Gasteiger partial charge is 0.501 e. The molecule has 1 aromatic rings. The van der Waals surface area contributed by atoms with Crippen LogP contribution in [-0.4, -0.2) is 39.7 Å². The lowest BCUT2D eigenvalue weighted by Crippen LogP contribution is -2.38. The number of alkyl halides is 3. The average molecular weight is 355 g/mol. The number of piperidine rings is 1. The summed E-state index contributed by atoms with van der Waals surface area (Å²) >= 11 is 0. The van der Waals surface area contributed by atoms with Gasteiger partial charge in [0.15, 0.2) is 0 Å². The Morgan fingerprint density at radius 1 is 1.26 bits per heavy atom. The molecule has 0 N–H and O–H groups in total. The molecule has 4 nitrogen and oxygen atoms in total. The molecule has 1 aliphatic rings. The van der Waals surface area contributed by atoms with Gasteiger partial charge in [-0.15, -0.1) is 0 Å². The second kappa shape index (κ2) is 6.64. The fraction of sp³-hybridized carbons (Fsp3) is 0.571. The highest BCUT2D eigenvalue weighted by molar-refractivity contribution is 7.92. The van der Waals surface area contributed by atoms with Crippen molar-refractivity contribution in [1.82, 2.24) is 0 Å². The molecule has 0 unspecified atom stereocenters. The first-order chi connectivity index (χ1) is 10.7. The van der Waals surface area contributed by atoms with E-state index < -0.39 is 26.1 Å². The maximum atomic E-state index is 13.3. The van der Waals surface area contributed by atoms with Gasteiger partial charge in [-0.1, -0.05) is 0 Å². The van der Waals surface area contributed by atoms with Crippen molar-refractivity contribution in [2.75, 3.05) is 24.6 Å². The molecular formula is C14H17F4NO3S. The van der Waals surface area contributed by atoms with Crippen molar-refractivity contribution >= 4 is 15.5 Å². The number of anilines is 1. The molecule has 0 aromatic heterocycles. The van der Waals surface area contributed by atoms with Gasteiger partial charge in [-0.05, 0) is 38.0 Å². The molecule has 9 heteroatoms. The van der Waals surface area contributed by atoms with Crippen LogP contribution in [0.25, 0.3) is 0 Å². The number of hydrogen-bond donors (Lipinski definition) is 0. The third kappa shape index (κ3) is 3.77. The van der Waals surface area contributed by atoms with Gasteiger partial charge in [0.1, 0.15) is 10.7 Å². The number of nitrogens with zero attached hydrogens (tertiary/aromatic N) is 1. The third-order valence-electron chi connectivity index (χ3n) is 3.70. The number of halogens is 4. The summed E-state index contributed by atoms with van der Waals surface area (Å²) in [4.78, 5) is 0.480. The summed E-state index contributed by atoms with van der Waals surface area (Å²) in [5.74, 6) is -1.03. The summed E-state index contributed by atoms with van der Waals surface area (Å²) in [5, 5.41) is 0. The monoisotopic (exact) mass is 355 g/mol. The average Bonchev–Trinajstić information content (AvgIpc) is 2.47. The second-order valence-corrected chi connectivity index (χ2v) is 7.11. The highest BCUT2D eigenvalue weighted by atomic mass is 32.2. The van der Waals surface area contributed by atoms with Gasteiger partial charge < -0.3 is 9.64 Å². The fourth-order valence-electron chi connectivity index (χ4n) is 2.59. The van der Waals surface area contributed by atoms with E-state index in [1.807, 2.05) is 6.92 Å². The van der Waals surface area contributed by atoms with Crippen LogP contribution in [0.5, 0.6) is 0 Å². The molecule has 0 atom stereocenters. The van der Waals surface area contributed by atoms with Crippen LogP contribution in [0.15, 0.2) is 23.1 Å². The molecule has 23 heavy (non-hydrogen) atoms. The van der Waals surface area contributed by atoms with Crippen molar-refractivity contribution in [2.45, 2.75) is 36.3 Å². The van der Waals surface area contributed by atoms with Gasteiger partial charge in [-0.3, -0.25) is 0 Å². The zero-order chi connectivity index (χ0) is 17.3. The highest BCUT2D eigenvalue weighted by Gasteiger charge is 2.48. The maximum absolute atomic E-state index is 13.3. The molecule has 0 radical (unpaired) electrons. The van der Waals surface area contributed by atoms with Crippen LogP contribution in [0, 0.1) is 5.82 Å². The van der Waals surface area contributed by atoms with E-state index in [-0.39, 0.29) is 11.8 Å². The van der Waals surface area contributed by atoms with Crippen LogP contribution in [0.1, 0.15) is 19.8 Å². The van der Waals surface area contributed by atoms with Crippen LogP contribution in [0.3, 0.4) is 0 Å². The minimum atomic E-state index is -5.62. The van der Waals surface area contributed by atoms with Crippen molar-refractivity contribution in [3.63, 3.8) is 0 Å². The van der Waals surface area contributed by atoms with Gasteiger partial charge in [0.05, 0.1) is 11.8 Å². The first-order valence-corrected chi connectivity index (χ1v) is 8.62. The summed E-state index contributed by atoms with van der Waals surface area (Å²) in [6.45, 7) is 3.07. The summed E-state index contributed by atoms with van der Waals surface area (Å²) in [7, 11) is -5.62. The molecule has 1 aromatic carbocycles. The van der Waals surface area contributed by atoms with Crippen molar-refractivity contribution < 1.29 is 30.7 Å². The van der Waals surface area contributed by atoms with Crippen molar-refractivity contribution in [3.8, 4) is 0 Å². The van der Waals surface area contributed by atoms with Crippen LogP contribution >= 0.6 is 0 Å². The number of rotatable bonds is 4. The second-order valence-electron chi connectivity index (χ2n) is 5.20. The highest BCUT2D eigenvalue weighted by Crippen LogP contribution is 2.37. The number of sulfone groups is 1. The van der Waals surface area contributed by atoms with Crippen molar-refractivity contribution in [2.24, 2.45) is 0 Å². The predicted octanol–water partition coefficient (Wildman–Crippen LogP) is 3.12. The van der Waals surface area contributed by atoms with E-state index in [4.69, 9.17) is 4.74 Å². The van der Waals surface area contributed by atoms with E-state index in [0.29, 0.717) is 38.6 Å². The van der Waals surface area contributed by atoms with E-state index in [1.165, 1.54) is 4.90 Å². The molecular weight excluding hydrogens is 338 g/mol. The predicted molar refractivity (Wildman–Crippen MR) is 76.5 cm³/mol. The van der Waals surface area contributed by atoms with E-state index in [1.54, 1.807) is 0 Å². The standard InChI is InChI=1S/C14H17F4NO3S/c1-2-22-11-5-7-19(8-6-11)12-4-3-10(15)9-13(12)23(20,21)14(16,17)18/h3-4,9,11H,2,5-8H2,1H3. The van der Waals surface area contributed by atoms with E-state index >= 15 is 0 Å². The Morgan fingerprint density at radius 3 is 2.39 bits per heavy atom. The topological polar surface area (TPSA) is 46.6 Å². The zero-order valence-electron chi connectivity index (χ0n) is 12.4. The van der Waals surface area contributed by atoms with Gasteiger partial charge in [0, 0.05) is 19.7 Å². The van der Waals surface area contributed by atoms with Crippen LogP contribution in [0.2, 0.25) is 0 Å². The Balaban J connectivity index is 2.34. The fourth-order valence-corrected chi connectivity index (χ4v) is 3.58. The first kappa shape index (κ1) is 18.0. The quantitative estimate of drug-likeness (QED) is 0.779. The molecule has 1 heterocycles. The molecule has 0 amide bonds. The third-order valence-corrected chi connectivity index (χ3v) is 5.22. The lowest BCUT2D eigenvalue weighted by atomic mass is 10.1. The minimum absolute atomic E-state index is 0.000582. The van der Waals surface area contributed by atoms with Gasteiger partial charge >= 0.3 is 5.51 Å². The lowest BCUT2D eigenvalue weighted by Gasteiger charge is -2.34. The molecule has 1 fully saturated rings. The Hall–Kier alpha value is -1.35. The Labute approximate surface area is 132 Å². The summed E-state index contributed by atoms with van der Waals surface area (Å²) in [6, 6.07) is 2.46. The lowest BCUT2D eigenvalue weighted by molar-refractivity contribution is -0.0436. The Bertz CT molecular complexity index is 652. The normalized spacial score (nSPS) is 17.5. The Kier molecular flexibility index (Phi) is 5.20. The summed E-state index contributed by atoms with van der Waals surface area (Å²) in [5.41, 5.74) is -5.60. The maximum Gasteiger partial charge on any atom is 0.501 e. The van der Waals surface area contributed by atoms with Crippen molar-refractivity contribution in [1.29, 1.82) is 0 Å². The molecule has 0 aliphatic carbocycles. The SMILES string of the molecule is CCOC1CCN(c2ccc(F)cc2S(=O)(=O)C(F)(F)F)CC1. The Morgan fingerprint density at radius 2 is 1.87 bits per heavy atom. The molecule has 2 rings (SSSR count). The molecule has 1 saturated heterocycles. The van der Waals surface area contributed by atoms with E-state index in [2.05, 4.69) is 0 Å². The summed E-state index contributed by atoms with van der Waals surface area (Å²) in [6.07, 6.45) is 1.13. The first-order valence-electron chi connectivity index (χ1n) is 7.14. The molecule has 1 aliphatic heterocycles. The molecule has 0 saturated carbocycles. The van der Waals surface area contributed by atoms with Gasteiger partial charge in [-0.25, -0.2) is 12.8 Å². The summed E-state index contributed by atoms with van der Waals surface area (Å²) < 4.78 is 80.6. The number of ether oxygens (including phenoxy) is 1. The van der Waals surface area contributed by atoms with Gasteiger partial charge in [-0.2, -0.15) is 13.2 Å². The molecule has 0 bridgehead atoms. The van der Waals surface area contributed by atoms with Crippen molar-refractivity contribution in [3.05, 3.63) is 24.0 Å². The minimum Gasteiger partial charge on any atom is -0.378 e. The van der Waals surface area contributed by atoms with Crippen LogP contribution in [-0.2, 0) is 14.6 Å². The van der Waals surface area contributed by atoms with E-state index in [0.717, 1.165) is 12.1 Å². The van der Waals surface area contributed by atoms with E-state index in [9.17, 15) is 26.0 Å². The molecule has 0 spiro atoms.